The molecule has 0 amide bonds. The van der Waals surface area contributed by atoms with E-state index in [0.29, 0.717) is 23.3 Å². The van der Waals surface area contributed by atoms with E-state index in [-0.39, 0.29) is 29.4 Å². The fourth-order valence-electron chi connectivity index (χ4n) is 3.02. The van der Waals surface area contributed by atoms with Crippen molar-refractivity contribution in [2.24, 2.45) is 0 Å². The number of fused-ring (bicyclic) bond motifs is 1. The molecule has 2 aromatic carbocycles. The van der Waals surface area contributed by atoms with E-state index < -0.39 is 11.7 Å². The number of alkyl halides is 3. The first-order chi connectivity index (χ1) is 14.3. The predicted octanol–water partition coefficient (Wildman–Crippen LogP) is 3.62. The SMILES string of the molecule is CN(Cc1nc2ccccc2c(=O)[nH]1)Cc1nc(-c2cccc(C(F)(F)F)c2)no1. The van der Waals surface area contributed by atoms with Gasteiger partial charge in [0.25, 0.3) is 5.56 Å². The Balaban J connectivity index is 1.48. The highest BCUT2D eigenvalue weighted by atomic mass is 19.4. The summed E-state index contributed by atoms with van der Waals surface area (Å²) in [5.74, 6) is 0.772. The summed E-state index contributed by atoms with van der Waals surface area (Å²) in [6.07, 6.45) is -4.45. The van der Waals surface area contributed by atoms with Crippen molar-refractivity contribution in [3.05, 3.63) is 76.2 Å². The van der Waals surface area contributed by atoms with Crippen molar-refractivity contribution in [3.8, 4) is 11.4 Å². The van der Waals surface area contributed by atoms with E-state index in [1.807, 2.05) is 0 Å². The first kappa shape index (κ1) is 19.8. The van der Waals surface area contributed by atoms with E-state index in [9.17, 15) is 18.0 Å². The summed E-state index contributed by atoms with van der Waals surface area (Å²) >= 11 is 0. The van der Waals surface area contributed by atoms with Gasteiger partial charge in [-0.15, -0.1) is 0 Å². The van der Waals surface area contributed by atoms with Gasteiger partial charge >= 0.3 is 6.18 Å². The molecule has 30 heavy (non-hydrogen) atoms. The van der Waals surface area contributed by atoms with Crippen molar-refractivity contribution < 1.29 is 17.7 Å². The number of halogens is 3. The Morgan fingerprint density at radius 2 is 1.87 bits per heavy atom. The topological polar surface area (TPSA) is 87.9 Å². The van der Waals surface area contributed by atoms with Crippen LogP contribution in [0.1, 0.15) is 17.3 Å². The zero-order chi connectivity index (χ0) is 21.3. The van der Waals surface area contributed by atoms with Crippen LogP contribution in [0.15, 0.2) is 57.8 Å². The number of aromatic nitrogens is 4. The molecule has 0 fully saturated rings. The molecule has 0 bridgehead atoms. The van der Waals surface area contributed by atoms with E-state index in [1.165, 1.54) is 12.1 Å². The summed E-state index contributed by atoms with van der Waals surface area (Å²) in [5.41, 5.74) is -0.208. The quantitative estimate of drug-likeness (QED) is 0.536. The average Bonchev–Trinajstić information content (AvgIpc) is 3.16. The lowest BCUT2D eigenvalue weighted by Crippen LogP contribution is -2.22. The molecule has 0 spiro atoms. The summed E-state index contributed by atoms with van der Waals surface area (Å²) in [6, 6.07) is 11.8. The molecule has 0 aliphatic heterocycles. The number of H-pyrrole nitrogens is 1. The third-order valence-electron chi connectivity index (χ3n) is 4.40. The van der Waals surface area contributed by atoms with Gasteiger partial charge in [0.2, 0.25) is 11.7 Å². The van der Waals surface area contributed by atoms with Crippen LogP contribution in [0.2, 0.25) is 0 Å². The molecule has 154 valence electrons. The molecular weight excluding hydrogens is 399 g/mol. The number of benzene rings is 2. The summed E-state index contributed by atoms with van der Waals surface area (Å²) in [4.78, 5) is 25.3. The van der Waals surface area contributed by atoms with E-state index in [1.54, 1.807) is 36.2 Å². The molecule has 0 radical (unpaired) electrons. The number of hydrogen-bond donors (Lipinski definition) is 1. The lowest BCUT2D eigenvalue weighted by Gasteiger charge is -2.13. The highest BCUT2D eigenvalue weighted by Crippen LogP contribution is 2.31. The number of para-hydroxylation sites is 1. The van der Waals surface area contributed by atoms with Crippen LogP contribution in [0, 0.1) is 0 Å². The molecule has 0 saturated carbocycles. The fraction of sp³-hybridized carbons (Fsp3) is 0.200. The highest BCUT2D eigenvalue weighted by molar-refractivity contribution is 5.77. The van der Waals surface area contributed by atoms with Gasteiger partial charge in [-0.3, -0.25) is 9.69 Å². The number of hydrogen-bond acceptors (Lipinski definition) is 6. The zero-order valence-corrected chi connectivity index (χ0v) is 15.8. The Hall–Kier alpha value is -3.53. The molecule has 1 N–H and O–H groups in total. The third-order valence-corrected chi connectivity index (χ3v) is 4.40. The van der Waals surface area contributed by atoms with Gasteiger partial charge in [-0.2, -0.15) is 18.2 Å². The molecule has 2 heterocycles. The van der Waals surface area contributed by atoms with Crippen LogP contribution >= 0.6 is 0 Å². The zero-order valence-electron chi connectivity index (χ0n) is 15.8. The van der Waals surface area contributed by atoms with Crippen LogP contribution in [-0.2, 0) is 19.3 Å². The number of nitrogens with zero attached hydrogens (tertiary/aromatic N) is 4. The normalized spacial score (nSPS) is 12.0. The Labute approximate surface area is 168 Å². The minimum absolute atomic E-state index is 0.0711. The average molecular weight is 415 g/mol. The van der Waals surface area contributed by atoms with Crippen LogP contribution in [0.5, 0.6) is 0 Å². The van der Waals surface area contributed by atoms with Crippen LogP contribution in [0.4, 0.5) is 13.2 Å². The molecule has 2 aromatic heterocycles. The number of nitrogens with one attached hydrogen (secondary N) is 1. The Morgan fingerprint density at radius 1 is 1.07 bits per heavy atom. The Bertz CT molecular complexity index is 1250. The smallest absolute Gasteiger partial charge is 0.338 e. The van der Waals surface area contributed by atoms with Gasteiger partial charge in [0.1, 0.15) is 5.82 Å². The van der Waals surface area contributed by atoms with Crippen molar-refractivity contribution in [2.45, 2.75) is 19.3 Å². The minimum Gasteiger partial charge on any atom is -0.338 e. The molecule has 0 aliphatic carbocycles. The van der Waals surface area contributed by atoms with Gasteiger partial charge in [-0.25, -0.2) is 4.98 Å². The van der Waals surface area contributed by atoms with Crippen molar-refractivity contribution in [3.63, 3.8) is 0 Å². The summed E-state index contributed by atoms with van der Waals surface area (Å²) in [5, 5.41) is 4.28. The van der Waals surface area contributed by atoms with Crippen LogP contribution in [0.25, 0.3) is 22.3 Å². The highest BCUT2D eigenvalue weighted by Gasteiger charge is 2.30. The lowest BCUT2D eigenvalue weighted by atomic mass is 10.1. The van der Waals surface area contributed by atoms with Gasteiger partial charge in [0.05, 0.1) is 29.6 Å². The first-order valence-corrected chi connectivity index (χ1v) is 8.96. The molecule has 0 atom stereocenters. The second kappa shape index (κ2) is 7.71. The van der Waals surface area contributed by atoms with E-state index in [4.69, 9.17) is 4.52 Å². The van der Waals surface area contributed by atoms with Gasteiger partial charge < -0.3 is 9.51 Å². The molecule has 7 nitrogen and oxygen atoms in total. The monoisotopic (exact) mass is 415 g/mol. The van der Waals surface area contributed by atoms with Gasteiger partial charge in [0.15, 0.2) is 0 Å². The van der Waals surface area contributed by atoms with E-state index in [0.717, 1.165) is 12.1 Å². The van der Waals surface area contributed by atoms with Gasteiger partial charge in [-0.05, 0) is 31.3 Å². The molecule has 10 heteroatoms. The molecule has 0 saturated heterocycles. The maximum atomic E-state index is 12.9. The predicted molar refractivity (Wildman–Crippen MR) is 102 cm³/mol. The molecule has 0 aliphatic rings. The standard InChI is InChI=1S/C20H16F3N5O2/c1-28(10-16-24-15-8-3-2-7-14(15)19(29)25-16)11-17-26-18(27-30-17)12-5-4-6-13(9-12)20(21,22)23/h2-9H,10-11H2,1H3,(H,24,25,29). The fourth-order valence-corrected chi connectivity index (χ4v) is 3.02. The van der Waals surface area contributed by atoms with E-state index in [2.05, 4.69) is 20.1 Å². The molecule has 0 unspecified atom stereocenters. The number of rotatable bonds is 5. The second-order valence-electron chi connectivity index (χ2n) is 6.79. The minimum atomic E-state index is -4.45. The maximum absolute atomic E-state index is 12.9. The van der Waals surface area contributed by atoms with E-state index >= 15 is 0 Å². The third kappa shape index (κ3) is 4.23. The summed E-state index contributed by atoms with van der Waals surface area (Å²) < 4.78 is 43.8. The largest absolute Gasteiger partial charge is 0.416 e. The molecule has 4 aromatic rings. The van der Waals surface area contributed by atoms with Crippen LogP contribution < -0.4 is 5.56 Å². The summed E-state index contributed by atoms with van der Waals surface area (Å²) in [7, 11) is 1.77. The van der Waals surface area contributed by atoms with Crippen molar-refractivity contribution >= 4 is 10.9 Å². The van der Waals surface area contributed by atoms with Crippen molar-refractivity contribution in [1.82, 2.24) is 25.0 Å². The van der Waals surface area contributed by atoms with Gasteiger partial charge in [-0.1, -0.05) is 29.4 Å². The molecule has 4 rings (SSSR count). The van der Waals surface area contributed by atoms with Crippen molar-refractivity contribution in [1.29, 1.82) is 0 Å². The Morgan fingerprint density at radius 3 is 2.67 bits per heavy atom. The molecular formula is C20H16F3N5O2. The van der Waals surface area contributed by atoms with Crippen LogP contribution in [-0.4, -0.2) is 32.1 Å². The Kier molecular flexibility index (Phi) is 5.08. The van der Waals surface area contributed by atoms with Crippen molar-refractivity contribution in [2.75, 3.05) is 7.05 Å². The number of aromatic amines is 1. The first-order valence-electron chi connectivity index (χ1n) is 8.96. The second-order valence-corrected chi connectivity index (χ2v) is 6.79. The van der Waals surface area contributed by atoms with Crippen LogP contribution in [0.3, 0.4) is 0 Å². The summed E-state index contributed by atoms with van der Waals surface area (Å²) in [6.45, 7) is 0.532. The van der Waals surface area contributed by atoms with Gasteiger partial charge in [0, 0.05) is 5.56 Å². The maximum Gasteiger partial charge on any atom is 0.416 e. The lowest BCUT2D eigenvalue weighted by molar-refractivity contribution is -0.137.